The summed E-state index contributed by atoms with van der Waals surface area (Å²) in [5.41, 5.74) is -0.694. The molecule has 0 saturated carbocycles. The topological polar surface area (TPSA) is 54.5 Å². The average molecular weight is 211 g/mol. The van der Waals surface area contributed by atoms with Crippen LogP contribution in [0.25, 0.3) is 0 Å². The van der Waals surface area contributed by atoms with E-state index in [0.29, 0.717) is 12.2 Å². The maximum Gasteiger partial charge on any atom is 0.125 e. The highest BCUT2D eigenvalue weighted by Gasteiger charge is 2.26. The number of aliphatic hydroxyl groups excluding tert-OH is 1. The third-order valence-electron chi connectivity index (χ3n) is 1.41. The van der Waals surface area contributed by atoms with E-state index in [9.17, 15) is 0 Å². The predicted molar refractivity (Wildman–Crippen MR) is 47.8 cm³/mol. The van der Waals surface area contributed by atoms with Crippen molar-refractivity contribution in [3.63, 3.8) is 0 Å². The maximum atomic E-state index is 7.82. The van der Waals surface area contributed by atoms with Gasteiger partial charge in [-0.05, 0) is 6.92 Å². The van der Waals surface area contributed by atoms with Crippen LogP contribution in [0.3, 0.4) is 0 Å². The van der Waals surface area contributed by atoms with E-state index >= 15 is 0 Å². The van der Waals surface area contributed by atoms with Crippen LogP contribution in [-0.2, 0) is 14.2 Å². The molecule has 0 aliphatic carbocycles. The molecule has 3 atom stereocenters. The summed E-state index contributed by atoms with van der Waals surface area (Å²) in [4.78, 5) is 0. The molecule has 0 aromatic carbocycles. The van der Waals surface area contributed by atoms with Crippen molar-refractivity contribution in [2.24, 2.45) is 0 Å². The van der Waals surface area contributed by atoms with Crippen molar-refractivity contribution in [2.75, 3.05) is 26.4 Å². The van der Waals surface area contributed by atoms with Gasteiger partial charge in [0.15, 0.2) is 0 Å². The first-order valence-corrected chi connectivity index (χ1v) is 4.75. The van der Waals surface area contributed by atoms with E-state index in [1.165, 1.54) is 6.92 Å². The van der Waals surface area contributed by atoms with Crippen molar-refractivity contribution in [3.05, 3.63) is 0 Å². The summed E-state index contributed by atoms with van der Waals surface area (Å²) >= 11 is 4.83. The zero-order valence-electron chi connectivity index (χ0n) is 7.61. The van der Waals surface area contributed by atoms with Crippen molar-refractivity contribution in [1.82, 2.24) is 0 Å². The monoisotopic (exact) mass is 210 g/mol. The second kappa shape index (κ2) is 5.78. The Morgan fingerprint density at radius 2 is 1.69 bits per heavy atom. The molecule has 0 spiro atoms. The molecule has 2 fully saturated rings. The number of aliphatic hydroxyl groups is 1. The van der Waals surface area contributed by atoms with Crippen LogP contribution in [0.15, 0.2) is 0 Å². The molecular formula is C8H15ClO4. The van der Waals surface area contributed by atoms with Crippen LogP contribution in [0.1, 0.15) is 6.92 Å². The van der Waals surface area contributed by atoms with Crippen LogP contribution in [0, 0.1) is 0 Å². The first-order chi connectivity index (χ1) is 6.18. The molecule has 1 N–H and O–H groups in total. The molecule has 2 aliphatic heterocycles. The Morgan fingerprint density at radius 3 is 1.92 bits per heavy atom. The average Bonchev–Trinajstić information content (AvgIpc) is 2.78. The Bertz CT molecular complexity index is 119. The Balaban J connectivity index is 0.000000184. The minimum absolute atomic E-state index is 0.392. The minimum Gasteiger partial charge on any atom is -0.378 e. The molecule has 2 heterocycles. The van der Waals surface area contributed by atoms with Crippen molar-refractivity contribution in [3.8, 4) is 0 Å². The fraction of sp³-hybridized carbons (Fsp3) is 1.00. The van der Waals surface area contributed by atoms with Gasteiger partial charge in [0.05, 0.1) is 26.4 Å². The number of halogens is 1. The Morgan fingerprint density at radius 1 is 1.38 bits per heavy atom. The molecule has 2 aliphatic rings. The van der Waals surface area contributed by atoms with Gasteiger partial charge in [-0.15, -0.1) is 0 Å². The van der Waals surface area contributed by atoms with Gasteiger partial charge in [-0.3, -0.25) is 0 Å². The van der Waals surface area contributed by atoms with Gasteiger partial charge in [0.1, 0.15) is 17.8 Å². The van der Waals surface area contributed by atoms with E-state index in [4.69, 9.17) is 30.9 Å². The fourth-order valence-electron chi connectivity index (χ4n) is 0.659. The summed E-state index contributed by atoms with van der Waals surface area (Å²) in [5.74, 6) is 0. The lowest BCUT2D eigenvalue weighted by Crippen LogP contribution is -2.06. The number of epoxide rings is 2. The summed E-state index contributed by atoms with van der Waals surface area (Å²) in [6, 6.07) is 0. The molecule has 2 rings (SSSR count). The van der Waals surface area contributed by atoms with Crippen LogP contribution in [-0.4, -0.2) is 49.3 Å². The molecule has 78 valence electrons. The summed E-state index contributed by atoms with van der Waals surface area (Å²) in [5, 5.41) is 7.82. The molecule has 3 unspecified atom stereocenters. The highest BCUT2D eigenvalue weighted by molar-refractivity contribution is 6.19. The van der Waals surface area contributed by atoms with E-state index in [0.717, 1.165) is 26.4 Å². The largest absolute Gasteiger partial charge is 0.378 e. The third kappa shape index (κ3) is 8.46. The smallest absolute Gasteiger partial charge is 0.125 e. The molecule has 5 heteroatoms. The van der Waals surface area contributed by atoms with E-state index in [2.05, 4.69) is 0 Å². The quantitative estimate of drug-likeness (QED) is 0.538. The zero-order valence-corrected chi connectivity index (χ0v) is 8.37. The second-order valence-electron chi connectivity index (χ2n) is 3.02. The summed E-state index contributed by atoms with van der Waals surface area (Å²) in [6.07, 6.45) is 0.785. The maximum absolute atomic E-state index is 7.82. The van der Waals surface area contributed by atoms with Crippen molar-refractivity contribution in [2.45, 2.75) is 24.7 Å². The van der Waals surface area contributed by atoms with Crippen LogP contribution in [0.5, 0.6) is 0 Å². The van der Waals surface area contributed by atoms with Gasteiger partial charge in [-0.1, -0.05) is 11.6 Å². The first kappa shape index (κ1) is 11.2. The Kier molecular flexibility index (Phi) is 4.98. The van der Waals surface area contributed by atoms with E-state index in [-0.39, 0.29) is 0 Å². The Labute approximate surface area is 82.7 Å². The van der Waals surface area contributed by atoms with Gasteiger partial charge < -0.3 is 19.3 Å². The van der Waals surface area contributed by atoms with Crippen LogP contribution in [0.4, 0.5) is 0 Å². The summed E-state index contributed by atoms with van der Waals surface area (Å²) in [6.45, 7) is 4.75. The number of ether oxygens (including phenoxy) is 3. The lowest BCUT2D eigenvalue weighted by molar-refractivity contribution is 0.102. The molecule has 0 aromatic heterocycles. The Hall–Kier alpha value is 0.130. The molecule has 0 bridgehead atoms. The van der Waals surface area contributed by atoms with Crippen molar-refractivity contribution >= 4 is 11.6 Å². The van der Waals surface area contributed by atoms with Crippen LogP contribution < -0.4 is 0 Å². The summed E-state index contributed by atoms with van der Waals surface area (Å²) in [7, 11) is 0. The molecule has 0 aromatic rings. The van der Waals surface area contributed by atoms with E-state index in [1.54, 1.807) is 0 Å². The highest BCUT2D eigenvalue weighted by atomic mass is 35.5. The number of rotatable bonds is 4. The van der Waals surface area contributed by atoms with Crippen LogP contribution in [0.2, 0.25) is 0 Å². The zero-order chi connectivity index (χ0) is 9.68. The van der Waals surface area contributed by atoms with E-state index < -0.39 is 5.56 Å². The second-order valence-corrected chi connectivity index (χ2v) is 3.65. The fourth-order valence-corrected chi connectivity index (χ4v) is 0.659. The van der Waals surface area contributed by atoms with Gasteiger partial charge >= 0.3 is 0 Å². The standard InChI is InChI=1S/C6H10O3.C2H5ClO/c1(5-3-8-5)7-2-6-4-9-6;1-2(3)4/h5-6H,1-4H2;2,4H,1H3. The lowest BCUT2D eigenvalue weighted by Gasteiger charge is -1.95. The number of hydrogen-bond donors (Lipinski definition) is 1. The molecular weight excluding hydrogens is 196 g/mol. The highest BCUT2D eigenvalue weighted by Crippen LogP contribution is 2.12. The van der Waals surface area contributed by atoms with Crippen molar-refractivity contribution < 1.29 is 19.3 Å². The SMILES string of the molecule is C(OCC1CO1)C1CO1.CC(O)Cl. The molecule has 0 amide bonds. The van der Waals surface area contributed by atoms with Gasteiger partial charge in [0.2, 0.25) is 0 Å². The molecule has 0 radical (unpaired) electrons. The van der Waals surface area contributed by atoms with Crippen molar-refractivity contribution in [1.29, 1.82) is 0 Å². The molecule has 13 heavy (non-hydrogen) atoms. The van der Waals surface area contributed by atoms with Crippen LogP contribution >= 0.6 is 11.6 Å². The van der Waals surface area contributed by atoms with Gasteiger partial charge in [0.25, 0.3) is 0 Å². The first-order valence-electron chi connectivity index (χ1n) is 4.31. The molecule has 4 nitrogen and oxygen atoms in total. The van der Waals surface area contributed by atoms with Gasteiger partial charge in [-0.2, -0.15) is 0 Å². The molecule has 2 saturated heterocycles. The van der Waals surface area contributed by atoms with E-state index in [1.807, 2.05) is 0 Å². The van der Waals surface area contributed by atoms with Gasteiger partial charge in [0, 0.05) is 0 Å². The lowest BCUT2D eigenvalue weighted by atomic mass is 10.5. The predicted octanol–water partition coefficient (Wildman–Crippen LogP) is 0.364. The third-order valence-corrected chi connectivity index (χ3v) is 1.41. The number of alkyl halides is 1. The number of hydrogen-bond acceptors (Lipinski definition) is 4. The van der Waals surface area contributed by atoms with Gasteiger partial charge in [-0.25, -0.2) is 0 Å². The normalized spacial score (nSPS) is 31.6. The minimum atomic E-state index is -0.694. The summed E-state index contributed by atoms with van der Waals surface area (Å²) < 4.78 is 15.1.